The lowest BCUT2D eigenvalue weighted by molar-refractivity contribution is -0.137. The van der Waals surface area contributed by atoms with Gasteiger partial charge in [0.1, 0.15) is 5.76 Å². The normalized spacial score (nSPS) is 11.1. The minimum Gasteiger partial charge on any atom is -0.451 e. The number of carbonyl (C=O) groups excluding carboxylic acids is 2. The van der Waals surface area contributed by atoms with Crippen molar-refractivity contribution in [3.8, 4) is 11.3 Å². The van der Waals surface area contributed by atoms with Gasteiger partial charge in [0.05, 0.1) is 11.1 Å². The molecule has 1 aromatic carbocycles. The van der Waals surface area contributed by atoms with Crippen LogP contribution in [0.1, 0.15) is 26.5 Å². The quantitative estimate of drug-likeness (QED) is 0.687. The van der Waals surface area contributed by atoms with Gasteiger partial charge in [-0.15, -0.1) is 0 Å². The van der Waals surface area contributed by atoms with E-state index in [1.807, 2.05) is 0 Å². The number of hydrogen-bond acceptors (Lipinski definition) is 4. The van der Waals surface area contributed by atoms with E-state index >= 15 is 0 Å². The molecule has 2 aromatic heterocycles. The molecule has 0 unspecified atom stereocenters. The molecule has 0 aliphatic carbocycles. The van der Waals surface area contributed by atoms with E-state index in [9.17, 15) is 22.8 Å². The van der Waals surface area contributed by atoms with Gasteiger partial charge in [-0.2, -0.15) is 13.2 Å². The third kappa shape index (κ3) is 4.32. The van der Waals surface area contributed by atoms with E-state index in [2.05, 4.69) is 15.8 Å². The van der Waals surface area contributed by atoms with Gasteiger partial charge in [0.25, 0.3) is 5.91 Å². The van der Waals surface area contributed by atoms with Crippen molar-refractivity contribution in [2.24, 2.45) is 0 Å². The second-order valence-electron chi connectivity index (χ2n) is 5.39. The number of halogens is 3. The molecule has 0 radical (unpaired) electrons. The molecule has 0 saturated carbocycles. The lowest BCUT2D eigenvalue weighted by Gasteiger charge is -2.07. The summed E-state index contributed by atoms with van der Waals surface area (Å²) in [7, 11) is 0. The first-order valence-electron chi connectivity index (χ1n) is 7.63. The summed E-state index contributed by atoms with van der Waals surface area (Å²) in [5.41, 5.74) is 3.93. The molecule has 0 fully saturated rings. The summed E-state index contributed by atoms with van der Waals surface area (Å²) >= 11 is 0. The predicted octanol–water partition coefficient (Wildman–Crippen LogP) is 3.44. The van der Waals surface area contributed by atoms with E-state index in [-0.39, 0.29) is 22.6 Å². The van der Waals surface area contributed by atoms with Gasteiger partial charge in [0.2, 0.25) is 0 Å². The fourth-order valence-corrected chi connectivity index (χ4v) is 2.21. The Morgan fingerprint density at radius 3 is 2.44 bits per heavy atom. The van der Waals surface area contributed by atoms with Crippen LogP contribution in [0.15, 0.2) is 65.3 Å². The average Bonchev–Trinajstić information content (AvgIpc) is 3.16. The number of furan rings is 1. The molecule has 0 atom stereocenters. The summed E-state index contributed by atoms with van der Waals surface area (Å²) < 4.78 is 43.7. The van der Waals surface area contributed by atoms with Gasteiger partial charge in [0.15, 0.2) is 5.76 Å². The average molecular weight is 375 g/mol. The number of aromatic nitrogens is 1. The molecule has 0 bridgehead atoms. The fourth-order valence-electron chi connectivity index (χ4n) is 2.21. The number of benzene rings is 1. The number of carbonyl (C=O) groups is 2. The van der Waals surface area contributed by atoms with Gasteiger partial charge >= 0.3 is 12.1 Å². The molecule has 9 heteroatoms. The Morgan fingerprint density at radius 1 is 0.963 bits per heavy atom. The van der Waals surface area contributed by atoms with Crippen LogP contribution < -0.4 is 10.9 Å². The zero-order chi connectivity index (χ0) is 19.4. The summed E-state index contributed by atoms with van der Waals surface area (Å²) in [5.74, 6) is -1.43. The molecule has 0 aliphatic rings. The molecule has 2 N–H and O–H groups in total. The number of rotatable bonds is 3. The van der Waals surface area contributed by atoms with Crippen LogP contribution in [0, 0.1) is 0 Å². The summed E-state index contributed by atoms with van der Waals surface area (Å²) in [6.45, 7) is 0. The fraction of sp³-hybridized carbons (Fsp3) is 0.0556. The Labute approximate surface area is 151 Å². The second kappa shape index (κ2) is 7.32. The van der Waals surface area contributed by atoms with Crippen LogP contribution >= 0.6 is 0 Å². The molecule has 0 aliphatic heterocycles. The van der Waals surface area contributed by atoms with E-state index in [4.69, 9.17) is 4.42 Å². The third-order valence-electron chi connectivity index (χ3n) is 3.52. The van der Waals surface area contributed by atoms with Crippen LogP contribution in [0.25, 0.3) is 11.3 Å². The van der Waals surface area contributed by atoms with E-state index < -0.39 is 23.6 Å². The largest absolute Gasteiger partial charge is 0.451 e. The number of nitrogens with zero attached hydrogens (tertiary/aromatic N) is 1. The van der Waals surface area contributed by atoms with Crippen LogP contribution in [0.4, 0.5) is 13.2 Å². The summed E-state index contributed by atoms with van der Waals surface area (Å²) in [6.07, 6.45) is -1.67. The van der Waals surface area contributed by atoms with Crippen molar-refractivity contribution in [1.29, 1.82) is 0 Å². The van der Waals surface area contributed by atoms with Crippen molar-refractivity contribution in [1.82, 2.24) is 15.8 Å². The van der Waals surface area contributed by atoms with Crippen LogP contribution in [0.2, 0.25) is 0 Å². The molecular formula is C18H12F3N3O3. The van der Waals surface area contributed by atoms with Crippen LogP contribution in [-0.4, -0.2) is 16.8 Å². The second-order valence-corrected chi connectivity index (χ2v) is 5.39. The molecule has 138 valence electrons. The van der Waals surface area contributed by atoms with Gasteiger partial charge in [-0.05, 0) is 36.4 Å². The van der Waals surface area contributed by atoms with Gasteiger partial charge in [-0.1, -0.05) is 12.1 Å². The zero-order valence-electron chi connectivity index (χ0n) is 13.6. The number of pyridine rings is 1. The van der Waals surface area contributed by atoms with Crippen LogP contribution in [-0.2, 0) is 6.18 Å². The molecule has 27 heavy (non-hydrogen) atoms. The molecule has 0 saturated heterocycles. The van der Waals surface area contributed by atoms with Crippen molar-refractivity contribution < 1.29 is 27.2 Å². The minimum absolute atomic E-state index is 0.0878. The third-order valence-corrected chi connectivity index (χ3v) is 3.52. The number of amides is 2. The predicted molar refractivity (Wildman–Crippen MR) is 88.3 cm³/mol. The van der Waals surface area contributed by atoms with Crippen molar-refractivity contribution in [3.05, 3.63) is 77.8 Å². The molecule has 3 rings (SSSR count). The lowest BCUT2D eigenvalue weighted by atomic mass is 10.1. The van der Waals surface area contributed by atoms with Crippen LogP contribution in [0.5, 0.6) is 0 Å². The Bertz CT molecular complexity index is 968. The molecule has 2 heterocycles. The Kier molecular flexibility index (Phi) is 4.93. The Balaban J connectivity index is 1.69. The van der Waals surface area contributed by atoms with Crippen molar-refractivity contribution in [2.45, 2.75) is 6.18 Å². The molecule has 2 amide bonds. The van der Waals surface area contributed by atoms with E-state index in [0.29, 0.717) is 0 Å². The lowest BCUT2D eigenvalue weighted by Crippen LogP contribution is -2.41. The van der Waals surface area contributed by atoms with Crippen molar-refractivity contribution >= 4 is 11.8 Å². The van der Waals surface area contributed by atoms with Crippen LogP contribution in [0.3, 0.4) is 0 Å². The summed E-state index contributed by atoms with van der Waals surface area (Å²) in [5, 5.41) is 0. The topological polar surface area (TPSA) is 84.2 Å². The molecule has 6 nitrogen and oxygen atoms in total. The zero-order valence-corrected chi connectivity index (χ0v) is 13.6. The Hall–Kier alpha value is -3.62. The number of hydrogen-bond donors (Lipinski definition) is 2. The monoisotopic (exact) mass is 375 g/mol. The van der Waals surface area contributed by atoms with Gasteiger partial charge in [-0.3, -0.25) is 25.4 Å². The molecule has 0 spiro atoms. The highest BCUT2D eigenvalue weighted by atomic mass is 19.4. The maximum atomic E-state index is 12.8. The van der Waals surface area contributed by atoms with E-state index in [1.54, 1.807) is 6.07 Å². The first-order chi connectivity index (χ1) is 12.8. The number of alkyl halides is 3. The summed E-state index contributed by atoms with van der Waals surface area (Å²) in [4.78, 5) is 27.7. The van der Waals surface area contributed by atoms with E-state index in [0.717, 1.165) is 12.1 Å². The summed E-state index contributed by atoms with van der Waals surface area (Å²) in [6, 6.07) is 10.3. The standard InChI is InChI=1S/C18H12F3N3O3/c19-18(20,21)13-5-1-3-11(9-13)14-6-7-15(27-14)17(26)24-23-16(25)12-4-2-8-22-10-12/h1-10H,(H,23,25)(H,24,26). The maximum absolute atomic E-state index is 12.8. The first-order valence-corrected chi connectivity index (χ1v) is 7.63. The van der Waals surface area contributed by atoms with Gasteiger partial charge in [0, 0.05) is 18.0 Å². The first kappa shape index (κ1) is 18.2. The maximum Gasteiger partial charge on any atom is 0.416 e. The van der Waals surface area contributed by atoms with Gasteiger partial charge < -0.3 is 4.42 Å². The van der Waals surface area contributed by atoms with E-state index in [1.165, 1.54) is 42.7 Å². The highest BCUT2D eigenvalue weighted by Gasteiger charge is 2.30. The van der Waals surface area contributed by atoms with Gasteiger partial charge in [-0.25, -0.2) is 0 Å². The number of hydrazine groups is 1. The van der Waals surface area contributed by atoms with Crippen molar-refractivity contribution in [2.75, 3.05) is 0 Å². The number of nitrogens with one attached hydrogen (secondary N) is 2. The highest BCUT2D eigenvalue weighted by Crippen LogP contribution is 2.32. The minimum atomic E-state index is -4.49. The molecular weight excluding hydrogens is 363 g/mol. The molecule has 3 aromatic rings. The highest BCUT2D eigenvalue weighted by molar-refractivity contribution is 5.97. The SMILES string of the molecule is O=C(NNC(=O)c1ccc(-c2cccc(C(F)(F)F)c2)o1)c1cccnc1. The van der Waals surface area contributed by atoms with Crippen molar-refractivity contribution in [3.63, 3.8) is 0 Å². The Morgan fingerprint density at radius 2 is 1.74 bits per heavy atom. The smallest absolute Gasteiger partial charge is 0.416 e.